The lowest BCUT2D eigenvalue weighted by Crippen LogP contribution is -2.36. The van der Waals surface area contributed by atoms with E-state index in [0.717, 1.165) is 5.57 Å². The molecule has 0 radical (unpaired) electrons. The molecule has 9 heavy (non-hydrogen) atoms. The van der Waals surface area contributed by atoms with Crippen LogP contribution in [0.4, 0.5) is 0 Å². The fraction of sp³-hybridized carbons (Fsp3) is 0.500. The van der Waals surface area contributed by atoms with E-state index in [0.29, 0.717) is 0 Å². The Kier molecular flexibility index (Phi) is 3.92. The van der Waals surface area contributed by atoms with Gasteiger partial charge in [-0.15, -0.1) is 0 Å². The van der Waals surface area contributed by atoms with Crippen LogP contribution in [0.25, 0.3) is 0 Å². The zero-order valence-electron chi connectivity index (χ0n) is 5.81. The lowest BCUT2D eigenvalue weighted by atomic mass is 10.2. The number of hydrogen-bond acceptors (Lipinski definition) is 3. The van der Waals surface area contributed by atoms with E-state index in [1.165, 1.54) is 6.21 Å². The van der Waals surface area contributed by atoms with Crippen LogP contribution in [0.2, 0.25) is 0 Å². The first kappa shape index (κ1) is 8.33. The molecule has 1 unspecified atom stereocenters. The van der Waals surface area contributed by atoms with Gasteiger partial charge in [-0.2, -0.15) is 0 Å². The van der Waals surface area contributed by atoms with E-state index >= 15 is 0 Å². The van der Waals surface area contributed by atoms with Crippen molar-refractivity contribution in [2.24, 2.45) is 5.73 Å². The summed E-state index contributed by atoms with van der Waals surface area (Å²) in [6, 6.07) is 0. The molecule has 0 aromatic rings. The highest BCUT2D eigenvalue weighted by molar-refractivity contribution is 5.77. The molecular weight excluding hydrogens is 114 g/mol. The molecule has 0 aliphatic carbocycles. The molecular formula is C6H13N3. The highest BCUT2D eigenvalue weighted by Gasteiger charge is 1.99. The number of likely N-dealkylation sites (N-methyl/N-ethyl adjacent to an activating group) is 1. The summed E-state index contributed by atoms with van der Waals surface area (Å²) in [5.74, 6) is 0. The highest BCUT2D eigenvalue weighted by Crippen LogP contribution is 1.90. The molecule has 0 spiro atoms. The lowest BCUT2D eigenvalue weighted by Gasteiger charge is -2.08. The number of nitrogens with two attached hydrogens (primary N) is 1. The minimum absolute atomic E-state index is 0.201. The van der Waals surface area contributed by atoms with E-state index in [2.05, 4.69) is 5.32 Å². The first-order valence-corrected chi connectivity index (χ1v) is 2.85. The Morgan fingerprint density at radius 2 is 2.33 bits per heavy atom. The topological polar surface area (TPSA) is 61.9 Å². The molecule has 0 amide bonds. The van der Waals surface area contributed by atoms with Gasteiger partial charge >= 0.3 is 0 Å². The van der Waals surface area contributed by atoms with Gasteiger partial charge in [0.2, 0.25) is 0 Å². The van der Waals surface area contributed by atoms with Gasteiger partial charge in [0.25, 0.3) is 0 Å². The average Bonchev–Trinajstić information content (AvgIpc) is 1.90. The summed E-state index contributed by atoms with van der Waals surface area (Å²) in [5.41, 5.74) is 6.31. The second-order valence-corrected chi connectivity index (χ2v) is 1.70. The quantitative estimate of drug-likeness (QED) is 0.371. The average molecular weight is 127 g/mol. The second-order valence-electron chi connectivity index (χ2n) is 1.70. The maximum Gasteiger partial charge on any atom is 0.0819 e. The predicted octanol–water partition coefficient (Wildman–Crippen LogP) is 0.0865. The molecule has 0 aromatic heterocycles. The number of rotatable bonds is 3. The Balaban J connectivity index is 3.95. The summed E-state index contributed by atoms with van der Waals surface area (Å²) in [4.78, 5) is 0. The summed E-state index contributed by atoms with van der Waals surface area (Å²) >= 11 is 0. The molecule has 0 saturated heterocycles. The molecule has 1 atom stereocenters. The lowest BCUT2D eigenvalue weighted by molar-refractivity contribution is 0.683. The largest absolute Gasteiger partial charge is 0.312 e. The predicted molar refractivity (Wildman–Crippen MR) is 39.6 cm³/mol. The molecule has 3 nitrogen and oxygen atoms in total. The van der Waals surface area contributed by atoms with Crippen molar-refractivity contribution < 1.29 is 0 Å². The molecule has 0 aliphatic heterocycles. The number of nitrogens with one attached hydrogen (secondary N) is 2. The first-order chi connectivity index (χ1) is 4.26. The van der Waals surface area contributed by atoms with Gasteiger partial charge in [0.1, 0.15) is 0 Å². The van der Waals surface area contributed by atoms with Crippen LogP contribution in [0.1, 0.15) is 6.92 Å². The Morgan fingerprint density at radius 1 is 1.78 bits per heavy atom. The van der Waals surface area contributed by atoms with Gasteiger partial charge in [-0.1, -0.05) is 6.08 Å². The number of hydrogen-bond donors (Lipinski definition) is 3. The fourth-order valence-corrected chi connectivity index (χ4v) is 0.519. The molecule has 0 fully saturated rings. The third kappa shape index (κ3) is 2.39. The molecule has 0 aromatic carbocycles. The van der Waals surface area contributed by atoms with Crippen LogP contribution < -0.4 is 11.1 Å². The van der Waals surface area contributed by atoms with Crippen LogP contribution in [0.5, 0.6) is 0 Å². The summed E-state index contributed by atoms with van der Waals surface area (Å²) in [7, 11) is 1.76. The van der Waals surface area contributed by atoms with Crippen LogP contribution in [0.3, 0.4) is 0 Å². The minimum Gasteiger partial charge on any atom is -0.312 e. The van der Waals surface area contributed by atoms with Crippen LogP contribution in [0.15, 0.2) is 11.6 Å². The van der Waals surface area contributed by atoms with Gasteiger partial charge in [-0.3, -0.25) is 0 Å². The molecule has 4 N–H and O–H groups in total. The van der Waals surface area contributed by atoms with Crippen molar-refractivity contribution in [3.8, 4) is 0 Å². The van der Waals surface area contributed by atoms with E-state index in [1.54, 1.807) is 7.05 Å². The van der Waals surface area contributed by atoms with E-state index in [9.17, 15) is 0 Å². The summed E-state index contributed by atoms with van der Waals surface area (Å²) in [6.07, 6.45) is 2.86. The molecule has 0 rings (SSSR count). The normalized spacial score (nSPS) is 15.2. The Hall–Kier alpha value is -0.670. The van der Waals surface area contributed by atoms with E-state index < -0.39 is 0 Å². The third-order valence-electron chi connectivity index (χ3n) is 1.17. The zero-order chi connectivity index (χ0) is 7.28. The van der Waals surface area contributed by atoms with Crippen molar-refractivity contribution >= 4 is 6.21 Å². The van der Waals surface area contributed by atoms with Crippen molar-refractivity contribution in [3.63, 3.8) is 0 Å². The van der Waals surface area contributed by atoms with E-state index in [4.69, 9.17) is 11.1 Å². The van der Waals surface area contributed by atoms with Gasteiger partial charge in [0.15, 0.2) is 0 Å². The van der Waals surface area contributed by atoms with Crippen molar-refractivity contribution in [1.82, 2.24) is 5.32 Å². The molecule has 0 aliphatic rings. The Labute approximate surface area is 55.4 Å². The minimum atomic E-state index is -0.201. The fourth-order valence-electron chi connectivity index (χ4n) is 0.519. The van der Waals surface area contributed by atoms with Crippen LogP contribution >= 0.6 is 0 Å². The molecule has 0 heterocycles. The summed E-state index contributed by atoms with van der Waals surface area (Å²) in [5, 5.41) is 9.71. The van der Waals surface area contributed by atoms with Crippen molar-refractivity contribution in [2.75, 3.05) is 7.05 Å². The van der Waals surface area contributed by atoms with E-state index in [1.807, 2.05) is 13.0 Å². The standard InChI is InChI=1S/C6H13N3/c1-3-5(4-7)6(8)9-2/h3-4,6-7,9H,8H2,1-2H3/b5-3+,7-4?. The summed E-state index contributed by atoms with van der Waals surface area (Å²) in [6.45, 7) is 1.86. The van der Waals surface area contributed by atoms with E-state index in [-0.39, 0.29) is 6.17 Å². The van der Waals surface area contributed by atoms with Crippen LogP contribution in [-0.4, -0.2) is 19.4 Å². The molecule has 0 saturated carbocycles. The SMILES string of the molecule is C/C=C(\C=N)C(N)NC. The van der Waals surface area contributed by atoms with Gasteiger partial charge in [0.05, 0.1) is 6.17 Å². The Bertz CT molecular complexity index is 117. The van der Waals surface area contributed by atoms with Gasteiger partial charge in [-0.25, -0.2) is 0 Å². The van der Waals surface area contributed by atoms with Crippen molar-refractivity contribution in [3.05, 3.63) is 11.6 Å². The van der Waals surface area contributed by atoms with Crippen LogP contribution in [0, 0.1) is 5.41 Å². The van der Waals surface area contributed by atoms with Crippen molar-refractivity contribution in [2.45, 2.75) is 13.1 Å². The van der Waals surface area contributed by atoms with Crippen molar-refractivity contribution in [1.29, 1.82) is 5.41 Å². The van der Waals surface area contributed by atoms with Crippen LogP contribution in [-0.2, 0) is 0 Å². The maximum absolute atomic E-state index is 6.88. The van der Waals surface area contributed by atoms with Gasteiger partial charge in [-0.05, 0) is 19.5 Å². The molecule has 52 valence electrons. The molecule has 0 bridgehead atoms. The number of allylic oxidation sites excluding steroid dienone is 1. The smallest absolute Gasteiger partial charge is 0.0819 e. The zero-order valence-corrected chi connectivity index (χ0v) is 5.81. The summed E-state index contributed by atoms with van der Waals surface area (Å²) < 4.78 is 0. The maximum atomic E-state index is 6.88. The van der Waals surface area contributed by atoms with Gasteiger partial charge < -0.3 is 16.5 Å². The molecule has 3 heteroatoms. The Morgan fingerprint density at radius 3 is 2.44 bits per heavy atom. The monoisotopic (exact) mass is 127 g/mol. The highest BCUT2D eigenvalue weighted by atomic mass is 15.0. The second kappa shape index (κ2) is 4.23. The first-order valence-electron chi connectivity index (χ1n) is 2.85. The third-order valence-corrected chi connectivity index (χ3v) is 1.17. The van der Waals surface area contributed by atoms with Gasteiger partial charge in [0, 0.05) is 6.21 Å².